The van der Waals surface area contributed by atoms with Gasteiger partial charge in [-0.1, -0.05) is 43.6 Å². The van der Waals surface area contributed by atoms with Gasteiger partial charge in [-0.3, -0.25) is 4.79 Å². The highest BCUT2D eigenvalue weighted by Gasteiger charge is 2.16. The monoisotopic (exact) mass is 306 g/mol. The van der Waals surface area contributed by atoms with E-state index in [1.54, 1.807) is 0 Å². The van der Waals surface area contributed by atoms with Crippen molar-refractivity contribution in [1.29, 1.82) is 0 Å². The van der Waals surface area contributed by atoms with Gasteiger partial charge in [0, 0.05) is 5.69 Å². The van der Waals surface area contributed by atoms with Gasteiger partial charge in [-0.2, -0.15) is 0 Å². The minimum Gasteiger partial charge on any atom is -0.321 e. The second kappa shape index (κ2) is 6.22. The summed E-state index contributed by atoms with van der Waals surface area (Å²) in [6, 6.07) is 6.89. The molecule has 110 valence electrons. The normalized spacial score (nSPS) is 10.8. The van der Waals surface area contributed by atoms with E-state index < -0.39 is 11.7 Å². The van der Waals surface area contributed by atoms with Gasteiger partial charge in [-0.05, 0) is 30.0 Å². The minimum atomic E-state index is -0.599. The summed E-state index contributed by atoms with van der Waals surface area (Å²) < 4.78 is 13.2. The second-order valence-electron chi connectivity index (χ2n) is 5.14. The number of benzene rings is 1. The van der Waals surface area contributed by atoms with Crippen LogP contribution in [-0.4, -0.2) is 10.9 Å². The quantitative estimate of drug-likeness (QED) is 0.845. The third-order valence-electron chi connectivity index (χ3n) is 3.22. The first-order valence-corrected chi connectivity index (χ1v) is 7.00. The van der Waals surface area contributed by atoms with E-state index in [2.05, 4.69) is 10.3 Å². The zero-order valence-electron chi connectivity index (χ0n) is 12.1. The van der Waals surface area contributed by atoms with Crippen molar-refractivity contribution in [1.82, 2.24) is 4.98 Å². The van der Waals surface area contributed by atoms with Crippen LogP contribution in [0.5, 0.6) is 0 Å². The molecule has 0 aliphatic rings. The highest BCUT2D eigenvalue weighted by atomic mass is 35.5. The molecule has 0 spiro atoms. The number of carbonyl (C=O) groups excluding carboxylic acids is 1. The molecule has 0 saturated carbocycles. The zero-order chi connectivity index (χ0) is 15.6. The first-order chi connectivity index (χ1) is 9.90. The van der Waals surface area contributed by atoms with Crippen molar-refractivity contribution >= 4 is 23.2 Å². The number of hydrogen-bond acceptors (Lipinski definition) is 2. The summed E-state index contributed by atoms with van der Waals surface area (Å²) >= 11 is 5.86. The van der Waals surface area contributed by atoms with Gasteiger partial charge in [0.1, 0.15) is 11.0 Å². The summed E-state index contributed by atoms with van der Waals surface area (Å²) in [6.45, 7) is 6.00. The minimum absolute atomic E-state index is 0.0198. The van der Waals surface area contributed by atoms with Crippen LogP contribution >= 0.6 is 11.6 Å². The van der Waals surface area contributed by atoms with E-state index in [1.807, 2.05) is 39.0 Å². The largest absolute Gasteiger partial charge is 0.321 e. The van der Waals surface area contributed by atoms with Crippen molar-refractivity contribution in [3.63, 3.8) is 0 Å². The topological polar surface area (TPSA) is 42.0 Å². The fraction of sp³-hybridized carbons (Fsp3) is 0.250. The Kier molecular flexibility index (Phi) is 4.58. The lowest BCUT2D eigenvalue weighted by molar-refractivity contribution is 0.102. The first-order valence-electron chi connectivity index (χ1n) is 6.62. The molecular formula is C16H16ClFN2O. The predicted molar refractivity (Wildman–Crippen MR) is 82.4 cm³/mol. The number of anilines is 1. The number of amides is 1. The number of halogens is 2. The van der Waals surface area contributed by atoms with Crippen LogP contribution in [0.3, 0.4) is 0 Å². The third kappa shape index (κ3) is 3.39. The van der Waals surface area contributed by atoms with E-state index in [1.165, 1.54) is 0 Å². The molecule has 1 aromatic heterocycles. The van der Waals surface area contributed by atoms with Crippen LogP contribution in [0.25, 0.3) is 0 Å². The fourth-order valence-electron chi connectivity index (χ4n) is 2.11. The van der Waals surface area contributed by atoms with Gasteiger partial charge in [-0.25, -0.2) is 9.37 Å². The summed E-state index contributed by atoms with van der Waals surface area (Å²) in [6.07, 6.45) is 0.979. The molecule has 0 unspecified atom stereocenters. The van der Waals surface area contributed by atoms with Crippen molar-refractivity contribution in [2.75, 3.05) is 5.32 Å². The van der Waals surface area contributed by atoms with Crippen LogP contribution in [0.15, 0.2) is 30.5 Å². The molecule has 0 fully saturated rings. The van der Waals surface area contributed by atoms with Crippen molar-refractivity contribution in [2.24, 2.45) is 0 Å². The molecule has 2 rings (SSSR count). The van der Waals surface area contributed by atoms with Crippen molar-refractivity contribution < 1.29 is 9.18 Å². The maximum atomic E-state index is 13.2. The lowest BCUT2D eigenvalue weighted by Crippen LogP contribution is -2.16. The summed E-state index contributed by atoms with van der Waals surface area (Å²) in [5, 5.41) is 2.79. The molecule has 5 heteroatoms. The maximum absolute atomic E-state index is 13.2. The fourth-order valence-corrected chi connectivity index (χ4v) is 2.29. The number of rotatable bonds is 3. The average Bonchev–Trinajstić information content (AvgIpc) is 2.43. The standard InChI is InChI=1S/C16H16ClFN2O/c1-9(2)12-6-4-5-10(3)14(12)20-16(21)13-7-11(18)8-19-15(13)17/h4-9H,1-3H3,(H,20,21). The summed E-state index contributed by atoms with van der Waals surface area (Å²) in [7, 11) is 0. The van der Waals surface area contributed by atoms with Gasteiger partial charge < -0.3 is 5.32 Å². The van der Waals surface area contributed by atoms with Gasteiger partial charge in [0.15, 0.2) is 0 Å². The van der Waals surface area contributed by atoms with E-state index in [9.17, 15) is 9.18 Å². The Balaban J connectivity index is 2.38. The van der Waals surface area contributed by atoms with E-state index >= 15 is 0 Å². The average molecular weight is 307 g/mol. The number of aryl methyl sites for hydroxylation is 1. The van der Waals surface area contributed by atoms with Crippen LogP contribution in [-0.2, 0) is 0 Å². The van der Waals surface area contributed by atoms with Crippen molar-refractivity contribution in [3.05, 3.63) is 58.1 Å². The van der Waals surface area contributed by atoms with Crippen LogP contribution < -0.4 is 5.32 Å². The Labute approximate surface area is 128 Å². The molecular weight excluding hydrogens is 291 g/mol. The summed E-state index contributed by atoms with van der Waals surface area (Å²) in [4.78, 5) is 16.0. The number of carbonyl (C=O) groups is 1. The molecule has 21 heavy (non-hydrogen) atoms. The van der Waals surface area contributed by atoms with Crippen LogP contribution in [0.2, 0.25) is 5.15 Å². The molecule has 1 aromatic carbocycles. The molecule has 1 amide bonds. The van der Waals surface area contributed by atoms with Gasteiger partial charge in [0.25, 0.3) is 5.91 Å². The Bertz CT molecular complexity index is 686. The molecule has 3 nitrogen and oxygen atoms in total. The molecule has 0 saturated heterocycles. The molecule has 0 bridgehead atoms. The van der Waals surface area contributed by atoms with Crippen LogP contribution in [0, 0.1) is 12.7 Å². The Hall–Kier alpha value is -1.94. The Morgan fingerprint density at radius 2 is 2.10 bits per heavy atom. The van der Waals surface area contributed by atoms with Gasteiger partial charge in [0.2, 0.25) is 0 Å². The zero-order valence-corrected chi connectivity index (χ0v) is 12.8. The highest BCUT2D eigenvalue weighted by Crippen LogP contribution is 2.28. The van der Waals surface area contributed by atoms with Gasteiger partial charge in [-0.15, -0.1) is 0 Å². The maximum Gasteiger partial charge on any atom is 0.258 e. The van der Waals surface area contributed by atoms with Gasteiger partial charge >= 0.3 is 0 Å². The number of hydrogen-bond donors (Lipinski definition) is 1. The molecule has 0 radical (unpaired) electrons. The predicted octanol–water partition coefficient (Wildman–Crippen LogP) is 4.56. The smallest absolute Gasteiger partial charge is 0.258 e. The first kappa shape index (κ1) is 15.4. The molecule has 0 aliphatic carbocycles. The van der Waals surface area contributed by atoms with Crippen LogP contribution in [0.4, 0.5) is 10.1 Å². The van der Waals surface area contributed by atoms with E-state index in [0.717, 1.165) is 29.1 Å². The van der Waals surface area contributed by atoms with E-state index in [-0.39, 0.29) is 16.6 Å². The van der Waals surface area contributed by atoms with Crippen molar-refractivity contribution in [2.45, 2.75) is 26.7 Å². The summed E-state index contributed by atoms with van der Waals surface area (Å²) in [5.74, 6) is -0.817. The Morgan fingerprint density at radius 3 is 2.76 bits per heavy atom. The third-order valence-corrected chi connectivity index (χ3v) is 3.52. The summed E-state index contributed by atoms with van der Waals surface area (Å²) in [5.41, 5.74) is 2.71. The number of para-hydroxylation sites is 1. The lowest BCUT2D eigenvalue weighted by atomic mass is 9.98. The number of aromatic nitrogens is 1. The molecule has 0 aliphatic heterocycles. The van der Waals surface area contributed by atoms with E-state index in [0.29, 0.717) is 0 Å². The number of nitrogens with zero attached hydrogens (tertiary/aromatic N) is 1. The molecule has 2 aromatic rings. The number of pyridine rings is 1. The Morgan fingerprint density at radius 1 is 1.38 bits per heavy atom. The van der Waals surface area contributed by atoms with E-state index in [4.69, 9.17) is 11.6 Å². The second-order valence-corrected chi connectivity index (χ2v) is 5.50. The van der Waals surface area contributed by atoms with Crippen molar-refractivity contribution in [3.8, 4) is 0 Å². The van der Waals surface area contributed by atoms with Crippen LogP contribution in [0.1, 0.15) is 41.3 Å². The molecule has 1 N–H and O–H groups in total. The molecule has 0 atom stereocenters. The highest BCUT2D eigenvalue weighted by molar-refractivity contribution is 6.33. The lowest BCUT2D eigenvalue weighted by Gasteiger charge is -2.16. The number of nitrogens with one attached hydrogen (secondary N) is 1. The van der Waals surface area contributed by atoms with Gasteiger partial charge in [0.05, 0.1) is 11.8 Å². The SMILES string of the molecule is Cc1cccc(C(C)C)c1NC(=O)c1cc(F)cnc1Cl. The molecule has 1 heterocycles.